The number of hydrogen-bond acceptors (Lipinski definition) is 4. The quantitative estimate of drug-likeness (QED) is 0.214. The number of nitrogens with zero attached hydrogens (tertiary/aromatic N) is 2. The van der Waals surface area contributed by atoms with Crippen LogP contribution < -0.4 is 15.4 Å². The minimum Gasteiger partial charge on any atom is -0.488 e. The Kier molecular flexibility index (Phi) is 12.0. The molecule has 0 amide bonds. The Morgan fingerprint density at radius 3 is 2.87 bits per heavy atom. The molecule has 2 aliphatic rings. The first-order chi connectivity index (χ1) is 14.6. The van der Waals surface area contributed by atoms with Crippen LogP contribution in [0.15, 0.2) is 23.2 Å². The van der Waals surface area contributed by atoms with E-state index in [1.807, 2.05) is 7.05 Å². The van der Waals surface area contributed by atoms with Crippen LogP contribution in [-0.4, -0.2) is 63.4 Å². The van der Waals surface area contributed by atoms with E-state index in [4.69, 9.17) is 9.47 Å². The number of likely N-dealkylation sites (tertiary alicyclic amines) is 1. The number of ether oxygens (including phenoxy) is 2. The number of aryl methyl sites for hydroxylation is 1. The number of rotatable bonds is 9. The topological polar surface area (TPSA) is 58.1 Å². The Labute approximate surface area is 205 Å². The van der Waals surface area contributed by atoms with E-state index < -0.39 is 0 Å². The maximum absolute atomic E-state index is 6.20. The van der Waals surface area contributed by atoms with Gasteiger partial charge in [0.05, 0.1) is 13.2 Å². The van der Waals surface area contributed by atoms with Crippen molar-refractivity contribution >= 4 is 29.9 Å². The first-order valence-electron chi connectivity index (χ1n) is 11.6. The van der Waals surface area contributed by atoms with Crippen molar-refractivity contribution in [1.82, 2.24) is 15.5 Å². The molecule has 176 valence electrons. The molecule has 2 fully saturated rings. The third-order valence-electron chi connectivity index (χ3n) is 6.01. The van der Waals surface area contributed by atoms with E-state index in [0.717, 1.165) is 49.2 Å². The van der Waals surface area contributed by atoms with Crippen LogP contribution in [0.4, 0.5) is 0 Å². The van der Waals surface area contributed by atoms with Gasteiger partial charge in [-0.25, -0.2) is 0 Å². The van der Waals surface area contributed by atoms with Gasteiger partial charge in [-0.2, -0.15) is 0 Å². The first kappa shape index (κ1) is 26.2. The van der Waals surface area contributed by atoms with Crippen LogP contribution in [-0.2, 0) is 11.3 Å². The standard InChI is InChI=1S/C24H40N4O2.HI/c1-19-8-9-21(23(15-19)30-22-10-14-29-18-22)16-27-24(25-3)26-11-4-5-12-28-13-6-7-20(2)17-28;/h8-9,15,20,22H,4-7,10-14,16-18H2,1-3H3,(H2,25,26,27);1H. The Morgan fingerprint density at radius 2 is 2.13 bits per heavy atom. The summed E-state index contributed by atoms with van der Waals surface area (Å²) in [6, 6.07) is 6.39. The highest BCUT2D eigenvalue weighted by atomic mass is 127. The lowest BCUT2D eigenvalue weighted by molar-refractivity contribution is 0.140. The Morgan fingerprint density at radius 1 is 1.26 bits per heavy atom. The van der Waals surface area contributed by atoms with Crippen LogP contribution in [0.2, 0.25) is 0 Å². The lowest BCUT2D eigenvalue weighted by Crippen LogP contribution is -2.38. The highest BCUT2D eigenvalue weighted by molar-refractivity contribution is 14.0. The zero-order valence-corrected chi connectivity index (χ0v) is 21.8. The molecule has 2 heterocycles. The van der Waals surface area contributed by atoms with Gasteiger partial charge in [-0.3, -0.25) is 4.99 Å². The van der Waals surface area contributed by atoms with E-state index in [9.17, 15) is 0 Å². The zero-order valence-electron chi connectivity index (χ0n) is 19.5. The number of benzene rings is 1. The van der Waals surface area contributed by atoms with Crippen molar-refractivity contribution in [1.29, 1.82) is 0 Å². The number of piperidine rings is 1. The fraction of sp³-hybridized carbons (Fsp3) is 0.708. The fourth-order valence-corrected chi connectivity index (χ4v) is 4.26. The highest BCUT2D eigenvalue weighted by Gasteiger charge is 2.19. The summed E-state index contributed by atoms with van der Waals surface area (Å²) in [4.78, 5) is 6.99. The molecule has 3 rings (SSSR count). The third kappa shape index (κ3) is 9.14. The van der Waals surface area contributed by atoms with Gasteiger partial charge in [-0.15, -0.1) is 24.0 Å². The van der Waals surface area contributed by atoms with Gasteiger partial charge in [0.2, 0.25) is 0 Å². The van der Waals surface area contributed by atoms with Crippen LogP contribution in [0, 0.1) is 12.8 Å². The Bertz CT molecular complexity index is 680. The largest absolute Gasteiger partial charge is 0.488 e. The van der Waals surface area contributed by atoms with E-state index in [2.05, 4.69) is 52.6 Å². The molecule has 1 aromatic rings. The molecule has 2 N–H and O–H groups in total. The minimum atomic E-state index is 0. The summed E-state index contributed by atoms with van der Waals surface area (Å²) in [7, 11) is 1.83. The number of guanidine groups is 1. The smallest absolute Gasteiger partial charge is 0.191 e. The van der Waals surface area contributed by atoms with E-state index in [1.54, 1.807) is 0 Å². The predicted octanol–water partition coefficient (Wildman–Crippen LogP) is 3.96. The van der Waals surface area contributed by atoms with Gasteiger partial charge in [-0.05, 0) is 63.2 Å². The summed E-state index contributed by atoms with van der Waals surface area (Å²) in [5.41, 5.74) is 2.35. The van der Waals surface area contributed by atoms with Crippen LogP contribution >= 0.6 is 24.0 Å². The van der Waals surface area contributed by atoms with Crippen LogP contribution in [0.5, 0.6) is 5.75 Å². The van der Waals surface area contributed by atoms with Gasteiger partial charge in [-0.1, -0.05) is 19.1 Å². The molecule has 0 radical (unpaired) electrons. The van der Waals surface area contributed by atoms with Crippen molar-refractivity contribution in [2.45, 2.75) is 58.6 Å². The maximum Gasteiger partial charge on any atom is 0.191 e. The number of halogens is 1. The zero-order chi connectivity index (χ0) is 21.2. The Balaban J connectivity index is 0.00000341. The molecule has 31 heavy (non-hydrogen) atoms. The van der Waals surface area contributed by atoms with Crippen LogP contribution in [0.3, 0.4) is 0 Å². The van der Waals surface area contributed by atoms with Gasteiger partial charge in [0, 0.05) is 38.7 Å². The van der Waals surface area contributed by atoms with Gasteiger partial charge < -0.3 is 25.0 Å². The molecule has 0 aliphatic carbocycles. The van der Waals surface area contributed by atoms with Crippen molar-refractivity contribution in [3.05, 3.63) is 29.3 Å². The normalized spacial score (nSPS) is 22.1. The molecule has 6 nitrogen and oxygen atoms in total. The summed E-state index contributed by atoms with van der Waals surface area (Å²) in [5, 5.41) is 6.88. The van der Waals surface area contributed by atoms with Gasteiger partial charge in [0.25, 0.3) is 0 Å². The molecule has 1 aromatic carbocycles. The molecule has 2 atom stereocenters. The molecule has 0 aromatic heterocycles. The van der Waals surface area contributed by atoms with E-state index in [0.29, 0.717) is 13.2 Å². The molecular weight excluding hydrogens is 503 g/mol. The van der Waals surface area contributed by atoms with Crippen molar-refractivity contribution < 1.29 is 9.47 Å². The molecule has 2 saturated heterocycles. The predicted molar refractivity (Wildman–Crippen MR) is 139 cm³/mol. The second-order valence-corrected chi connectivity index (χ2v) is 8.82. The summed E-state index contributed by atoms with van der Waals surface area (Å²) >= 11 is 0. The van der Waals surface area contributed by atoms with Crippen molar-refractivity contribution in [3.63, 3.8) is 0 Å². The van der Waals surface area contributed by atoms with Gasteiger partial charge >= 0.3 is 0 Å². The minimum absolute atomic E-state index is 0. The maximum atomic E-state index is 6.20. The first-order valence-corrected chi connectivity index (χ1v) is 11.6. The molecule has 0 spiro atoms. The monoisotopic (exact) mass is 544 g/mol. The number of hydrogen-bond donors (Lipinski definition) is 2. The van der Waals surface area contributed by atoms with E-state index >= 15 is 0 Å². The highest BCUT2D eigenvalue weighted by Crippen LogP contribution is 2.23. The Hall–Kier alpha value is -1.06. The molecule has 0 bridgehead atoms. The van der Waals surface area contributed by atoms with Crippen molar-refractivity contribution in [2.75, 3.05) is 46.4 Å². The van der Waals surface area contributed by atoms with Gasteiger partial charge in [0.1, 0.15) is 11.9 Å². The summed E-state index contributed by atoms with van der Waals surface area (Å²) in [6.07, 6.45) is 6.25. The fourth-order valence-electron chi connectivity index (χ4n) is 4.26. The molecule has 0 saturated carbocycles. The number of aliphatic imine (C=N–C) groups is 1. The SMILES string of the molecule is CN=C(NCCCCN1CCCC(C)C1)NCc1ccc(C)cc1OC1CCOC1.I. The lowest BCUT2D eigenvalue weighted by atomic mass is 10.0. The summed E-state index contributed by atoms with van der Waals surface area (Å²) in [6.45, 7) is 11.3. The average molecular weight is 545 g/mol. The summed E-state index contributed by atoms with van der Waals surface area (Å²) < 4.78 is 11.7. The van der Waals surface area contributed by atoms with Gasteiger partial charge in [0.15, 0.2) is 5.96 Å². The third-order valence-corrected chi connectivity index (χ3v) is 6.01. The molecular formula is C24H41IN4O2. The van der Waals surface area contributed by atoms with Crippen molar-refractivity contribution in [2.24, 2.45) is 10.9 Å². The summed E-state index contributed by atoms with van der Waals surface area (Å²) in [5.74, 6) is 2.65. The second-order valence-electron chi connectivity index (χ2n) is 8.82. The number of nitrogens with one attached hydrogen (secondary N) is 2. The van der Waals surface area contributed by atoms with E-state index in [1.165, 1.54) is 44.5 Å². The lowest BCUT2D eigenvalue weighted by Gasteiger charge is -2.30. The molecule has 2 aliphatic heterocycles. The van der Waals surface area contributed by atoms with Crippen LogP contribution in [0.25, 0.3) is 0 Å². The number of unbranched alkanes of at least 4 members (excludes halogenated alkanes) is 1. The average Bonchev–Trinajstić information content (AvgIpc) is 3.24. The molecule has 2 unspecified atom stereocenters. The van der Waals surface area contributed by atoms with Crippen molar-refractivity contribution in [3.8, 4) is 5.75 Å². The van der Waals surface area contributed by atoms with E-state index in [-0.39, 0.29) is 30.1 Å². The molecule has 7 heteroatoms. The second kappa shape index (κ2) is 14.2. The van der Waals surface area contributed by atoms with Crippen LogP contribution in [0.1, 0.15) is 50.2 Å².